The molecule has 0 unspecified atom stereocenters. The van der Waals surface area contributed by atoms with Crippen LogP contribution >= 0.6 is 11.6 Å². The molecule has 2 heterocycles. The number of halogens is 2. The highest BCUT2D eigenvalue weighted by Gasteiger charge is 2.37. The van der Waals surface area contributed by atoms with Gasteiger partial charge in [-0.1, -0.05) is 56.3 Å². The lowest BCUT2D eigenvalue weighted by Crippen LogP contribution is -2.61. The summed E-state index contributed by atoms with van der Waals surface area (Å²) in [6, 6.07) is 17.9. The van der Waals surface area contributed by atoms with Gasteiger partial charge in [-0.05, 0) is 69.9 Å². The second-order valence-electron chi connectivity index (χ2n) is 13.1. The van der Waals surface area contributed by atoms with Crippen LogP contribution in [-0.2, 0) is 29.0 Å². The molecule has 2 aromatic carbocycles. The lowest BCUT2D eigenvalue weighted by atomic mass is 10.0. The molecule has 254 valence electrons. The normalized spacial score (nSPS) is 17.0. The summed E-state index contributed by atoms with van der Waals surface area (Å²) in [4.78, 5) is 37.7. The lowest BCUT2D eigenvalue weighted by Gasteiger charge is -2.45. The molecule has 4 rings (SSSR count). The number of pyridine rings is 1. The Hall–Kier alpha value is -3.69. The number of benzene rings is 2. The van der Waals surface area contributed by atoms with E-state index in [1.807, 2.05) is 82.8 Å². The molecule has 10 heteroatoms. The molecule has 8 nitrogen and oxygen atoms in total. The van der Waals surface area contributed by atoms with Crippen LogP contribution in [-0.4, -0.2) is 76.5 Å². The third kappa shape index (κ3) is 9.91. The molecule has 1 aliphatic rings. The van der Waals surface area contributed by atoms with Crippen molar-refractivity contribution in [3.05, 3.63) is 88.9 Å². The van der Waals surface area contributed by atoms with Crippen LogP contribution in [0.4, 0.5) is 14.9 Å². The Labute approximate surface area is 283 Å². The van der Waals surface area contributed by atoms with E-state index in [-0.39, 0.29) is 42.3 Å². The number of carbonyl (C=O) groups is 2. The van der Waals surface area contributed by atoms with Crippen LogP contribution in [0.5, 0.6) is 5.88 Å². The molecule has 3 aromatic rings. The van der Waals surface area contributed by atoms with Crippen molar-refractivity contribution in [2.45, 2.75) is 85.1 Å². The van der Waals surface area contributed by atoms with E-state index in [9.17, 15) is 14.0 Å². The summed E-state index contributed by atoms with van der Waals surface area (Å²) in [6.07, 6.45) is 1.43. The van der Waals surface area contributed by atoms with Crippen molar-refractivity contribution in [1.29, 1.82) is 0 Å². The maximum atomic E-state index is 14.2. The van der Waals surface area contributed by atoms with Gasteiger partial charge in [0.25, 0.3) is 0 Å². The maximum Gasteiger partial charge on any atom is 0.410 e. The van der Waals surface area contributed by atoms with E-state index in [0.29, 0.717) is 45.0 Å². The fourth-order valence-corrected chi connectivity index (χ4v) is 6.03. The third-order valence-corrected chi connectivity index (χ3v) is 8.47. The minimum Gasteiger partial charge on any atom is -0.473 e. The zero-order valence-electron chi connectivity index (χ0n) is 28.5. The fraction of sp³-hybridized carbons (Fsp3) is 0.486. The molecular formula is C37H48ClFN4O4. The molecule has 0 bridgehead atoms. The quantitative estimate of drug-likeness (QED) is 0.190. The Morgan fingerprint density at radius 1 is 1.04 bits per heavy atom. The van der Waals surface area contributed by atoms with E-state index < -0.39 is 5.60 Å². The smallest absolute Gasteiger partial charge is 0.410 e. The van der Waals surface area contributed by atoms with E-state index >= 15 is 0 Å². The molecule has 0 spiro atoms. The van der Waals surface area contributed by atoms with Crippen LogP contribution in [0.2, 0.25) is 0 Å². The minimum absolute atomic E-state index is 0.0675. The maximum absolute atomic E-state index is 14.2. The Balaban J connectivity index is 1.62. The first-order valence-corrected chi connectivity index (χ1v) is 17.0. The van der Waals surface area contributed by atoms with Crippen molar-refractivity contribution < 1.29 is 23.5 Å². The zero-order chi connectivity index (χ0) is 34.1. The molecule has 2 amide bonds. The summed E-state index contributed by atoms with van der Waals surface area (Å²) in [7, 11) is 0. The number of aromatic nitrogens is 1. The van der Waals surface area contributed by atoms with Gasteiger partial charge in [0.1, 0.15) is 18.0 Å². The number of aryl methyl sites for hydroxylation is 1. The topological polar surface area (TPSA) is 75.2 Å². The highest BCUT2D eigenvalue weighted by atomic mass is 35.5. The SMILES string of the molecule is CCCN(C(=O)CN1C[C@@H](C)N(C(=O)OC(C)(C)C)C[C@@H]1CCl)c1cc(Cc2ccc(F)cc2)c(OCc2ccccc2)nc1CC. The van der Waals surface area contributed by atoms with Crippen molar-refractivity contribution in [1.82, 2.24) is 14.8 Å². The predicted octanol–water partition coefficient (Wildman–Crippen LogP) is 7.24. The predicted molar refractivity (Wildman–Crippen MR) is 185 cm³/mol. The van der Waals surface area contributed by atoms with Gasteiger partial charge < -0.3 is 19.3 Å². The molecule has 1 saturated heterocycles. The van der Waals surface area contributed by atoms with Gasteiger partial charge in [-0.3, -0.25) is 9.69 Å². The summed E-state index contributed by atoms with van der Waals surface area (Å²) in [5.41, 5.74) is 3.63. The van der Waals surface area contributed by atoms with E-state index in [1.165, 1.54) is 12.1 Å². The number of hydrogen-bond donors (Lipinski definition) is 0. The van der Waals surface area contributed by atoms with Crippen LogP contribution in [0.1, 0.15) is 70.3 Å². The Kier molecular flexibility index (Phi) is 12.6. The molecule has 47 heavy (non-hydrogen) atoms. The number of nitrogens with zero attached hydrogens (tertiary/aromatic N) is 4. The third-order valence-electron chi connectivity index (χ3n) is 8.12. The molecule has 1 aliphatic heterocycles. The first-order valence-electron chi connectivity index (χ1n) is 16.5. The summed E-state index contributed by atoms with van der Waals surface area (Å²) < 4.78 is 25.7. The molecule has 0 N–H and O–H groups in total. The van der Waals surface area contributed by atoms with Gasteiger partial charge in [0, 0.05) is 49.6 Å². The van der Waals surface area contributed by atoms with E-state index in [2.05, 4.69) is 4.90 Å². The van der Waals surface area contributed by atoms with Gasteiger partial charge in [-0.2, -0.15) is 0 Å². The van der Waals surface area contributed by atoms with Gasteiger partial charge in [-0.25, -0.2) is 14.2 Å². The van der Waals surface area contributed by atoms with Crippen LogP contribution in [0.3, 0.4) is 0 Å². The standard InChI is InChI=1S/C37H48ClFN4O4/c1-7-18-42(34(44)24-41-22-26(3)43(23-31(41)21-38)36(45)47-37(4,5)6)33-20-29(19-27-14-16-30(39)17-15-27)35(40-32(33)8-2)46-25-28-12-10-9-11-13-28/h9-17,20,26,31H,7-8,18-19,21-25H2,1-6H3/t26-,31+/m1/s1. The average molecular weight is 667 g/mol. The van der Waals surface area contributed by atoms with E-state index in [4.69, 9.17) is 26.1 Å². The molecule has 1 fully saturated rings. The first kappa shape index (κ1) is 36.2. The van der Waals surface area contributed by atoms with Gasteiger partial charge in [0.15, 0.2) is 0 Å². The van der Waals surface area contributed by atoms with Crippen molar-refractivity contribution in [3.8, 4) is 5.88 Å². The van der Waals surface area contributed by atoms with E-state index in [1.54, 1.807) is 17.0 Å². The monoisotopic (exact) mass is 666 g/mol. The van der Waals surface area contributed by atoms with Crippen LogP contribution in [0.15, 0.2) is 60.7 Å². The van der Waals surface area contributed by atoms with Crippen molar-refractivity contribution in [2.75, 3.05) is 37.0 Å². The van der Waals surface area contributed by atoms with Crippen LogP contribution < -0.4 is 9.64 Å². The summed E-state index contributed by atoms with van der Waals surface area (Å²) in [5, 5.41) is 0. The lowest BCUT2D eigenvalue weighted by molar-refractivity contribution is -0.121. The second kappa shape index (κ2) is 16.4. The number of piperazine rings is 1. The first-order chi connectivity index (χ1) is 22.4. The molecule has 0 radical (unpaired) electrons. The van der Waals surface area contributed by atoms with Crippen molar-refractivity contribution in [2.24, 2.45) is 0 Å². The van der Waals surface area contributed by atoms with Crippen LogP contribution in [0, 0.1) is 5.82 Å². The number of hydrogen-bond acceptors (Lipinski definition) is 6. The van der Waals surface area contributed by atoms with Gasteiger partial charge >= 0.3 is 6.09 Å². The largest absolute Gasteiger partial charge is 0.473 e. The van der Waals surface area contributed by atoms with Gasteiger partial charge in [0.05, 0.1) is 17.9 Å². The molecule has 0 saturated carbocycles. The second-order valence-corrected chi connectivity index (χ2v) is 13.4. The molecule has 1 aromatic heterocycles. The number of anilines is 1. The van der Waals surface area contributed by atoms with Crippen molar-refractivity contribution in [3.63, 3.8) is 0 Å². The van der Waals surface area contributed by atoms with Gasteiger partial charge in [0.2, 0.25) is 11.8 Å². The Morgan fingerprint density at radius 2 is 1.74 bits per heavy atom. The summed E-state index contributed by atoms with van der Waals surface area (Å²) in [5.74, 6) is 0.397. The zero-order valence-corrected chi connectivity index (χ0v) is 29.2. The average Bonchev–Trinajstić information content (AvgIpc) is 3.03. The Morgan fingerprint density at radius 3 is 2.36 bits per heavy atom. The number of ether oxygens (including phenoxy) is 2. The van der Waals surface area contributed by atoms with Crippen LogP contribution in [0.25, 0.3) is 0 Å². The minimum atomic E-state index is -0.607. The van der Waals surface area contributed by atoms with Gasteiger partial charge in [-0.15, -0.1) is 11.6 Å². The Bertz CT molecular complexity index is 1480. The summed E-state index contributed by atoms with van der Waals surface area (Å²) in [6.45, 7) is 13.4. The number of alkyl halides is 1. The highest BCUT2D eigenvalue weighted by molar-refractivity contribution is 6.18. The number of rotatable bonds is 12. The molecule has 0 aliphatic carbocycles. The highest BCUT2D eigenvalue weighted by Crippen LogP contribution is 2.31. The summed E-state index contributed by atoms with van der Waals surface area (Å²) >= 11 is 6.42. The molecule has 2 atom stereocenters. The van der Waals surface area contributed by atoms with Crippen molar-refractivity contribution >= 4 is 29.3 Å². The van der Waals surface area contributed by atoms with E-state index in [0.717, 1.165) is 34.5 Å². The fourth-order valence-electron chi connectivity index (χ4n) is 5.74. The number of amides is 2. The molecular weight excluding hydrogens is 619 g/mol. The number of carbonyl (C=O) groups excluding carboxylic acids is 2.